The lowest BCUT2D eigenvalue weighted by molar-refractivity contribution is -0.131. The van der Waals surface area contributed by atoms with Crippen molar-refractivity contribution in [2.45, 2.75) is 58.4 Å². The highest BCUT2D eigenvalue weighted by Crippen LogP contribution is 2.16. The monoisotopic (exact) mass is 391 g/mol. The first-order chi connectivity index (χ1) is 13.1. The SMILES string of the molecule is CCc1noc(CCC(=O)N2CCC[C@H](NC(=O)c3scnc3C)CC2)n1. The van der Waals surface area contributed by atoms with Gasteiger partial charge in [0.25, 0.3) is 5.91 Å². The smallest absolute Gasteiger partial charge is 0.263 e. The molecule has 1 atom stereocenters. The van der Waals surface area contributed by atoms with E-state index >= 15 is 0 Å². The Labute approximate surface area is 162 Å². The fourth-order valence-corrected chi connectivity index (χ4v) is 3.87. The molecular weight excluding hydrogens is 366 g/mol. The van der Waals surface area contributed by atoms with E-state index in [1.807, 2.05) is 18.7 Å². The number of nitrogens with zero attached hydrogens (tertiary/aromatic N) is 4. The molecular formula is C18H25N5O3S. The number of rotatable bonds is 6. The second kappa shape index (κ2) is 9.07. The Hall–Kier alpha value is -2.29. The van der Waals surface area contributed by atoms with Gasteiger partial charge in [0.05, 0.1) is 11.2 Å². The van der Waals surface area contributed by atoms with Gasteiger partial charge in [0, 0.05) is 38.4 Å². The van der Waals surface area contributed by atoms with Crippen LogP contribution in [0.5, 0.6) is 0 Å². The van der Waals surface area contributed by atoms with Crippen molar-refractivity contribution in [1.29, 1.82) is 0 Å². The van der Waals surface area contributed by atoms with E-state index in [4.69, 9.17) is 4.52 Å². The number of nitrogens with one attached hydrogen (secondary N) is 1. The molecule has 1 aliphatic rings. The third-order valence-corrected chi connectivity index (χ3v) is 5.67. The van der Waals surface area contributed by atoms with E-state index in [1.165, 1.54) is 11.3 Å². The number of hydrogen-bond acceptors (Lipinski definition) is 7. The standard InChI is InChI=1S/C18H25N5O3S/c1-3-14-21-15(26-22-14)6-7-16(24)23-9-4-5-13(8-10-23)20-18(25)17-12(2)19-11-27-17/h11,13H,3-10H2,1-2H3,(H,20,25)/t13-/m0/s1. The maximum atomic E-state index is 12.5. The van der Waals surface area contributed by atoms with Crippen LogP contribution in [0.2, 0.25) is 0 Å². The Bertz CT molecular complexity index is 788. The van der Waals surface area contributed by atoms with Gasteiger partial charge in [-0.2, -0.15) is 4.98 Å². The van der Waals surface area contributed by atoms with Gasteiger partial charge in [-0.1, -0.05) is 12.1 Å². The Balaban J connectivity index is 1.46. The van der Waals surface area contributed by atoms with Gasteiger partial charge in [-0.15, -0.1) is 11.3 Å². The van der Waals surface area contributed by atoms with E-state index in [-0.39, 0.29) is 17.9 Å². The molecule has 0 unspecified atom stereocenters. The Kier molecular flexibility index (Phi) is 6.54. The minimum atomic E-state index is -0.0668. The molecule has 0 radical (unpaired) electrons. The Morgan fingerprint density at radius 2 is 2.22 bits per heavy atom. The van der Waals surface area contributed by atoms with Gasteiger partial charge < -0.3 is 14.7 Å². The van der Waals surface area contributed by atoms with Crippen molar-refractivity contribution >= 4 is 23.2 Å². The third kappa shape index (κ3) is 5.12. The van der Waals surface area contributed by atoms with Crippen molar-refractivity contribution in [3.8, 4) is 0 Å². The van der Waals surface area contributed by atoms with Crippen LogP contribution < -0.4 is 5.32 Å². The molecule has 1 N–H and O–H groups in total. The van der Waals surface area contributed by atoms with Crippen LogP contribution in [0.4, 0.5) is 0 Å². The topological polar surface area (TPSA) is 101 Å². The molecule has 2 aromatic rings. The molecule has 9 heteroatoms. The zero-order valence-electron chi connectivity index (χ0n) is 15.7. The Morgan fingerprint density at radius 1 is 1.37 bits per heavy atom. The molecule has 0 spiro atoms. The van der Waals surface area contributed by atoms with Crippen molar-refractivity contribution in [3.63, 3.8) is 0 Å². The molecule has 2 amide bonds. The lowest BCUT2D eigenvalue weighted by Crippen LogP contribution is -2.36. The summed E-state index contributed by atoms with van der Waals surface area (Å²) in [6.07, 6.45) is 4.05. The molecule has 146 valence electrons. The van der Waals surface area contributed by atoms with Crippen molar-refractivity contribution in [2.75, 3.05) is 13.1 Å². The summed E-state index contributed by atoms with van der Waals surface area (Å²) < 4.78 is 5.14. The van der Waals surface area contributed by atoms with Crippen LogP contribution in [0.1, 0.15) is 59.7 Å². The van der Waals surface area contributed by atoms with E-state index in [9.17, 15) is 9.59 Å². The highest BCUT2D eigenvalue weighted by Gasteiger charge is 2.23. The lowest BCUT2D eigenvalue weighted by Gasteiger charge is -2.20. The maximum Gasteiger partial charge on any atom is 0.263 e. The van der Waals surface area contributed by atoms with E-state index in [2.05, 4.69) is 20.4 Å². The highest BCUT2D eigenvalue weighted by molar-refractivity contribution is 7.11. The van der Waals surface area contributed by atoms with Gasteiger partial charge in [0.15, 0.2) is 5.82 Å². The molecule has 0 aliphatic carbocycles. The zero-order valence-corrected chi connectivity index (χ0v) is 16.5. The van der Waals surface area contributed by atoms with Crippen LogP contribution >= 0.6 is 11.3 Å². The molecule has 27 heavy (non-hydrogen) atoms. The number of amides is 2. The molecule has 3 rings (SSSR count). The number of carbonyl (C=O) groups is 2. The number of likely N-dealkylation sites (tertiary alicyclic amines) is 1. The molecule has 2 aromatic heterocycles. The van der Waals surface area contributed by atoms with Gasteiger partial charge in [-0.25, -0.2) is 4.98 Å². The molecule has 3 heterocycles. The number of thiazole rings is 1. The average Bonchev–Trinajstić information content (AvgIpc) is 3.24. The summed E-state index contributed by atoms with van der Waals surface area (Å²) in [5.41, 5.74) is 2.44. The largest absolute Gasteiger partial charge is 0.348 e. The summed E-state index contributed by atoms with van der Waals surface area (Å²) in [5, 5.41) is 6.94. The van der Waals surface area contributed by atoms with Crippen LogP contribution in [0.15, 0.2) is 10.0 Å². The second-order valence-corrected chi connectivity index (χ2v) is 7.56. The fraction of sp³-hybridized carbons (Fsp3) is 0.611. The number of aryl methyl sites for hydroxylation is 3. The normalized spacial score (nSPS) is 17.6. The van der Waals surface area contributed by atoms with E-state index in [1.54, 1.807) is 5.51 Å². The van der Waals surface area contributed by atoms with Crippen molar-refractivity contribution in [1.82, 2.24) is 25.3 Å². The third-order valence-electron chi connectivity index (χ3n) is 4.75. The van der Waals surface area contributed by atoms with Crippen LogP contribution in [-0.2, 0) is 17.6 Å². The maximum absolute atomic E-state index is 12.5. The highest BCUT2D eigenvalue weighted by atomic mass is 32.1. The summed E-state index contributed by atoms with van der Waals surface area (Å²) in [5.74, 6) is 1.21. The van der Waals surface area contributed by atoms with Gasteiger partial charge in [-0.3, -0.25) is 9.59 Å². The van der Waals surface area contributed by atoms with Gasteiger partial charge in [0.1, 0.15) is 4.88 Å². The predicted octanol–water partition coefficient (Wildman–Crippen LogP) is 2.14. The van der Waals surface area contributed by atoms with Crippen molar-refractivity contribution in [3.05, 3.63) is 27.8 Å². The average molecular weight is 391 g/mol. The van der Waals surface area contributed by atoms with E-state index in [0.717, 1.165) is 37.9 Å². The summed E-state index contributed by atoms with van der Waals surface area (Å²) >= 11 is 1.36. The van der Waals surface area contributed by atoms with Crippen molar-refractivity contribution < 1.29 is 14.1 Å². The molecule has 8 nitrogen and oxygen atoms in total. The molecule has 0 aromatic carbocycles. The number of hydrogen-bond donors (Lipinski definition) is 1. The minimum absolute atomic E-state index is 0.0668. The van der Waals surface area contributed by atoms with Crippen LogP contribution in [-0.4, -0.2) is 51.0 Å². The summed E-state index contributed by atoms with van der Waals surface area (Å²) in [4.78, 5) is 35.8. The van der Waals surface area contributed by atoms with Gasteiger partial charge in [0.2, 0.25) is 11.8 Å². The van der Waals surface area contributed by atoms with Gasteiger partial charge >= 0.3 is 0 Å². The predicted molar refractivity (Wildman–Crippen MR) is 101 cm³/mol. The molecule has 0 saturated carbocycles. The lowest BCUT2D eigenvalue weighted by atomic mass is 10.1. The first-order valence-electron chi connectivity index (χ1n) is 9.37. The van der Waals surface area contributed by atoms with Gasteiger partial charge in [-0.05, 0) is 26.2 Å². The number of aromatic nitrogens is 3. The fourth-order valence-electron chi connectivity index (χ4n) is 3.17. The van der Waals surface area contributed by atoms with Crippen LogP contribution in [0.25, 0.3) is 0 Å². The zero-order chi connectivity index (χ0) is 19.2. The quantitative estimate of drug-likeness (QED) is 0.810. The molecule has 1 saturated heterocycles. The van der Waals surface area contributed by atoms with Crippen molar-refractivity contribution in [2.24, 2.45) is 0 Å². The minimum Gasteiger partial charge on any atom is -0.348 e. The van der Waals surface area contributed by atoms with E-state index in [0.29, 0.717) is 36.0 Å². The molecule has 1 fully saturated rings. The second-order valence-electron chi connectivity index (χ2n) is 6.71. The van der Waals surface area contributed by atoms with E-state index < -0.39 is 0 Å². The summed E-state index contributed by atoms with van der Waals surface area (Å²) in [6, 6.07) is 0.0832. The summed E-state index contributed by atoms with van der Waals surface area (Å²) in [7, 11) is 0. The van der Waals surface area contributed by atoms with Crippen LogP contribution in [0, 0.1) is 6.92 Å². The Morgan fingerprint density at radius 3 is 2.93 bits per heavy atom. The number of carbonyl (C=O) groups excluding carboxylic acids is 2. The van der Waals surface area contributed by atoms with Crippen LogP contribution in [0.3, 0.4) is 0 Å². The molecule has 0 bridgehead atoms. The summed E-state index contributed by atoms with van der Waals surface area (Å²) in [6.45, 7) is 5.17. The molecule has 1 aliphatic heterocycles. The first-order valence-corrected chi connectivity index (χ1v) is 10.2. The first kappa shape index (κ1) is 19.5.